The molecule has 0 amide bonds. The Morgan fingerprint density at radius 1 is 0.458 bits per heavy atom. The lowest BCUT2D eigenvalue weighted by atomic mass is 9.44. The van der Waals surface area contributed by atoms with Crippen LogP contribution in [0.2, 0.25) is 0 Å². The van der Waals surface area contributed by atoms with Crippen LogP contribution in [0.3, 0.4) is 0 Å². The first-order valence-corrected chi connectivity index (χ1v) is 37.2. The van der Waals surface area contributed by atoms with E-state index in [1.165, 1.54) is 0 Å². The van der Waals surface area contributed by atoms with Gasteiger partial charge in [-0.3, -0.25) is 9.59 Å². The lowest BCUT2D eigenvalue weighted by molar-refractivity contribution is -0.313. The van der Waals surface area contributed by atoms with Gasteiger partial charge in [0.2, 0.25) is 0 Å². The van der Waals surface area contributed by atoms with Gasteiger partial charge in [-0.25, -0.2) is 33.6 Å². The Kier molecular flexibility index (Phi) is 23.8. The Bertz CT molecular complexity index is 4240. The van der Waals surface area contributed by atoms with E-state index >= 15 is 0 Å². The largest absolute Gasteiger partial charge is 0.459 e. The van der Waals surface area contributed by atoms with Gasteiger partial charge in [-0.15, -0.1) is 0 Å². The van der Waals surface area contributed by atoms with Crippen LogP contribution in [0.5, 0.6) is 0 Å². The lowest BCUT2D eigenvalue weighted by Crippen LogP contribution is -2.64. The number of ketones is 2. The van der Waals surface area contributed by atoms with Gasteiger partial charge in [0.25, 0.3) is 0 Å². The van der Waals surface area contributed by atoms with Crippen molar-refractivity contribution in [2.75, 3.05) is 19.8 Å². The van der Waals surface area contributed by atoms with Crippen molar-refractivity contribution in [3.63, 3.8) is 0 Å². The van der Waals surface area contributed by atoms with Crippen LogP contribution < -0.4 is 0 Å². The van der Waals surface area contributed by atoms with Gasteiger partial charge in [0, 0.05) is 24.7 Å². The molecule has 20 heteroatoms. The molecule has 0 bridgehead atoms. The molecule has 7 aromatic carbocycles. The zero-order chi connectivity index (χ0) is 74.8. The third-order valence-electron chi connectivity index (χ3n) is 23.2. The molecule has 0 radical (unpaired) electrons. The summed E-state index contributed by atoms with van der Waals surface area (Å²) in [6.45, 7) is 7.70. The first-order valence-electron chi connectivity index (χ1n) is 37.2. The number of fused-ring (bicyclic) bond motifs is 5. The minimum absolute atomic E-state index is 0.0179. The van der Waals surface area contributed by atoms with E-state index in [2.05, 4.69) is 13.8 Å². The Hall–Kier alpha value is -9.99. The maximum absolute atomic E-state index is 14.7. The standard InChI is InChI=1S/C87H90O20/c1-53(50-98-84-75(106-82(95)60-36-22-10-23-37-60)73(104-80(93)58-32-18-8-19-33-58)69(52-99-84)101-78(91)56-28-14-6-15-29-56)40-43-67(88)54(2)71-68(89)49-66-64-42-41-62-48-63(44-46-86(62,3)65(64)45-47-87(66,71)4)100-85-76(107-83(96)61-38-24-11-25-39-61)74(105-81(94)59-34-20-9-21-35-59)72(103-79(92)57-30-16-7-17-31-57)70(102-85)51-97-77(90)55-26-12-5-13-27-55/h5-39,53-54,62-66,69-76,84-85H,40-52H2,1-4H3/t53-,54+,62?,63?,64?,65?,66?,69-,70?,71?,72-,73?,74?,75?,76?,84+,85+,86?,87?/m0/s1. The van der Waals surface area contributed by atoms with E-state index in [-0.39, 0.29) is 105 Å². The molecule has 0 aromatic heterocycles. The third-order valence-corrected chi connectivity index (χ3v) is 23.2. The first-order chi connectivity index (χ1) is 51.8. The van der Waals surface area contributed by atoms with E-state index in [0.29, 0.717) is 25.7 Å². The number of esters is 7. The maximum Gasteiger partial charge on any atom is 0.338 e. The SMILES string of the molecule is C[C@@H](CCC(=O)[C@@H](C)C1C(=O)CC2C3CCC4CC(O[C@@H]5OC(COC(=O)c6ccccc6)[C@H](OC(=O)c6ccccc6)C(OC(=O)c6ccccc6)C5OC(=O)c5ccccc5)CCC4(C)C3CCC21C)CO[C@@H]1OC[C@H](OC(=O)c2ccccc2)C(OC(=O)c2ccccc2)C1OC(=O)c1ccccc1. The number of benzene rings is 7. The molecular weight excluding hydrogens is 1360 g/mol. The summed E-state index contributed by atoms with van der Waals surface area (Å²) in [5.74, 6) is -5.77. The summed E-state index contributed by atoms with van der Waals surface area (Å²) >= 11 is 0. The lowest BCUT2D eigenvalue weighted by Gasteiger charge is -2.61. The Morgan fingerprint density at radius 2 is 0.879 bits per heavy atom. The minimum atomic E-state index is -1.58. The maximum atomic E-state index is 14.7. The fourth-order valence-electron chi connectivity index (χ4n) is 17.6. The molecule has 2 saturated heterocycles. The van der Waals surface area contributed by atoms with Crippen LogP contribution in [0, 0.1) is 52.3 Å². The Balaban J connectivity index is 0.680. The van der Waals surface area contributed by atoms with E-state index in [9.17, 15) is 43.2 Å². The molecule has 6 fully saturated rings. The highest BCUT2D eigenvalue weighted by molar-refractivity contribution is 5.94. The van der Waals surface area contributed by atoms with Crippen LogP contribution in [0.1, 0.15) is 164 Å². The molecule has 4 saturated carbocycles. The van der Waals surface area contributed by atoms with Crippen molar-refractivity contribution in [2.45, 2.75) is 153 Å². The summed E-state index contributed by atoms with van der Waals surface area (Å²) in [5.41, 5.74) is 0.861. The van der Waals surface area contributed by atoms with E-state index < -0.39 is 127 Å². The van der Waals surface area contributed by atoms with Gasteiger partial charge in [-0.2, -0.15) is 0 Å². The van der Waals surface area contributed by atoms with E-state index in [4.69, 9.17) is 52.1 Å². The molecule has 558 valence electrons. The van der Waals surface area contributed by atoms with Gasteiger partial charge < -0.3 is 52.1 Å². The number of Topliss-reactive ketones (excluding diaryl/α,β-unsaturated/α-hetero) is 2. The number of hydrogen-bond donors (Lipinski definition) is 0. The summed E-state index contributed by atoms with van der Waals surface area (Å²) < 4.78 is 69.8. The molecule has 13 rings (SSSR count). The highest BCUT2D eigenvalue weighted by atomic mass is 16.7. The molecule has 107 heavy (non-hydrogen) atoms. The van der Waals surface area contributed by atoms with Gasteiger partial charge in [0.05, 0.1) is 58.3 Å². The van der Waals surface area contributed by atoms with E-state index in [1.807, 2.05) is 13.8 Å². The zero-order valence-corrected chi connectivity index (χ0v) is 60.4. The van der Waals surface area contributed by atoms with Crippen LogP contribution in [-0.4, -0.2) is 135 Å². The van der Waals surface area contributed by atoms with E-state index in [1.54, 1.807) is 212 Å². The van der Waals surface area contributed by atoms with Crippen molar-refractivity contribution in [3.05, 3.63) is 251 Å². The average Bonchev–Trinajstić information content (AvgIpc) is 1.63. The van der Waals surface area contributed by atoms with Crippen molar-refractivity contribution >= 4 is 53.4 Å². The number of carbonyl (C=O) groups excluding carboxylic acids is 9. The number of carbonyl (C=O) groups is 9. The summed E-state index contributed by atoms with van der Waals surface area (Å²) in [5, 5.41) is 0. The Morgan fingerprint density at radius 3 is 1.36 bits per heavy atom. The van der Waals surface area contributed by atoms with Crippen molar-refractivity contribution in [1.29, 1.82) is 0 Å². The third kappa shape index (κ3) is 17.1. The summed E-state index contributed by atoms with van der Waals surface area (Å²) in [4.78, 5) is 127. The predicted octanol–water partition coefficient (Wildman–Crippen LogP) is 14.1. The quantitative estimate of drug-likeness (QED) is 0.0293. The smallest absolute Gasteiger partial charge is 0.338 e. The number of rotatable bonds is 25. The monoisotopic (exact) mass is 1450 g/mol. The van der Waals surface area contributed by atoms with E-state index in [0.717, 1.165) is 32.1 Å². The predicted molar refractivity (Wildman–Crippen MR) is 388 cm³/mol. The number of ether oxygens (including phenoxy) is 11. The molecule has 2 aliphatic heterocycles. The van der Waals surface area contributed by atoms with Crippen LogP contribution in [0.4, 0.5) is 0 Å². The fraction of sp³-hybridized carbons (Fsp3) is 0.414. The van der Waals surface area contributed by atoms with Gasteiger partial charge in [0.1, 0.15) is 24.3 Å². The highest BCUT2D eigenvalue weighted by Gasteiger charge is 2.64. The number of hydrogen-bond acceptors (Lipinski definition) is 20. The first kappa shape index (κ1) is 75.3. The minimum Gasteiger partial charge on any atom is -0.459 e. The topological polar surface area (TPSA) is 255 Å². The summed E-state index contributed by atoms with van der Waals surface area (Å²) in [7, 11) is 0. The van der Waals surface area contributed by atoms with Crippen molar-refractivity contribution < 1.29 is 95.3 Å². The average molecular weight is 1460 g/mol. The van der Waals surface area contributed by atoms with Crippen LogP contribution in [0.25, 0.3) is 0 Å². The second-order valence-electron chi connectivity index (χ2n) is 29.8. The molecule has 20 nitrogen and oxygen atoms in total. The molecule has 4 aliphatic carbocycles. The van der Waals surface area contributed by atoms with Crippen LogP contribution in [-0.2, 0) is 61.7 Å². The summed E-state index contributed by atoms with van der Waals surface area (Å²) in [6, 6.07) is 57.9. The van der Waals surface area contributed by atoms with Gasteiger partial charge >= 0.3 is 41.8 Å². The van der Waals surface area contributed by atoms with Gasteiger partial charge in [-0.05, 0) is 177 Å². The van der Waals surface area contributed by atoms with Crippen molar-refractivity contribution in [1.82, 2.24) is 0 Å². The highest BCUT2D eigenvalue weighted by Crippen LogP contribution is 2.68. The molecular formula is C87H90O20. The molecule has 0 N–H and O–H groups in total. The fourth-order valence-corrected chi connectivity index (χ4v) is 17.6. The molecule has 6 aliphatic rings. The second kappa shape index (κ2) is 33.9. The zero-order valence-electron chi connectivity index (χ0n) is 60.4. The molecule has 19 atom stereocenters. The van der Waals surface area contributed by atoms with Gasteiger partial charge in [0.15, 0.2) is 49.2 Å². The normalized spacial score (nSPS) is 29.2. The second-order valence-corrected chi connectivity index (χ2v) is 29.8. The molecule has 2 heterocycles. The van der Waals surface area contributed by atoms with Crippen molar-refractivity contribution in [2.24, 2.45) is 52.3 Å². The molecule has 0 spiro atoms. The molecule has 7 aromatic rings. The van der Waals surface area contributed by atoms with Crippen molar-refractivity contribution in [3.8, 4) is 0 Å². The molecule has 13 unspecified atom stereocenters. The van der Waals surface area contributed by atoms with Crippen LogP contribution >= 0.6 is 0 Å². The van der Waals surface area contributed by atoms with Crippen LogP contribution in [0.15, 0.2) is 212 Å². The Labute approximate surface area is 622 Å². The summed E-state index contributed by atoms with van der Waals surface area (Å²) in [6.07, 6.45) is -7.01. The van der Waals surface area contributed by atoms with Gasteiger partial charge in [-0.1, -0.05) is 155 Å².